The van der Waals surface area contributed by atoms with Crippen molar-refractivity contribution in [1.29, 1.82) is 0 Å². The molecular formula is C16H19BrN6O3. The quantitative estimate of drug-likeness (QED) is 0.490. The molecule has 0 saturated heterocycles. The molecule has 0 unspecified atom stereocenters. The van der Waals surface area contributed by atoms with Crippen LogP contribution in [-0.2, 0) is 0 Å². The first-order valence-corrected chi connectivity index (χ1v) is 8.98. The molecule has 1 amide bonds. The van der Waals surface area contributed by atoms with Gasteiger partial charge in [0.2, 0.25) is 5.95 Å². The molecule has 6 N–H and O–H groups in total. The fourth-order valence-electron chi connectivity index (χ4n) is 2.89. The number of aromatic nitrogens is 3. The van der Waals surface area contributed by atoms with Crippen molar-refractivity contribution in [2.24, 2.45) is 5.73 Å². The van der Waals surface area contributed by atoms with E-state index in [1.807, 2.05) is 0 Å². The van der Waals surface area contributed by atoms with Gasteiger partial charge in [0.1, 0.15) is 5.56 Å². The Balaban J connectivity index is 1.89. The maximum absolute atomic E-state index is 12.3. The van der Waals surface area contributed by atoms with Crippen molar-refractivity contribution < 1.29 is 9.90 Å². The number of carbonyl (C=O) groups is 1. The number of pyridine rings is 1. The molecule has 0 bridgehead atoms. The highest BCUT2D eigenvalue weighted by Crippen LogP contribution is 2.23. The van der Waals surface area contributed by atoms with Gasteiger partial charge in [0.05, 0.1) is 18.0 Å². The fourth-order valence-corrected chi connectivity index (χ4v) is 3.26. The highest BCUT2D eigenvalue weighted by Gasteiger charge is 2.22. The molecule has 2 aromatic rings. The monoisotopic (exact) mass is 422 g/mol. The number of nitrogens with one attached hydrogen (secondary N) is 3. The van der Waals surface area contributed by atoms with Gasteiger partial charge in [-0.05, 0) is 47.7 Å². The van der Waals surface area contributed by atoms with Crippen LogP contribution in [-0.4, -0.2) is 38.1 Å². The summed E-state index contributed by atoms with van der Waals surface area (Å²) in [4.78, 5) is 34.9. The topological polar surface area (TPSA) is 146 Å². The summed E-state index contributed by atoms with van der Waals surface area (Å²) in [5, 5.41) is 15.7. The number of nitrogens with two attached hydrogens (primary N) is 1. The standard InChI is InChI=1S/C16H19BrN6O3/c17-8-5-10(7-19-6-8)20-14-12(13(18)25)15(26)23-16(22-14)21-9-1-3-11(24)4-2-9/h5-7,9,11,24H,1-4H2,(H2,18,25)(H3,20,21,22,23,26). The highest BCUT2D eigenvalue weighted by molar-refractivity contribution is 9.10. The normalized spacial score (nSPS) is 19.8. The smallest absolute Gasteiger partial charge is 0.267 e. The van der Waals surface area contributed by atoms with E-state index in [0.717, 1.165) is 17.3 Å². The number of halogens is 1. The first-order chi connectivity index (χ1) is 12.4. The van der Waals surface area contributed by atoms with Crippen LogP contribution in [0.1, 0.15) is 36.0 Å². The number of nitrogens with zero attached hydrogens (tertiary/aromatic N) is 2. The molecule has 2 heterocycles. The molecule has 0 radical (unpaired) electrons. The third-order valence-corrected chi connectivity index (χ3v) is 4.60. The van der Waals surface area contributed by atoms with Crippen LogP contribution in [0.4, 0.5) is 17.5 Å². The van der Waals surface area contributed by atoms with E-state index < -0.39 is 11.5 Å². The van der Waals surface area contributed by atoms with Gasteiger partial charge in [-0.15, -0.1) is 0 Å². The zero-order valence-corrected chi connectivity index (χ0v) is 15.4. The Hall–Kier alpha value is -2.46. The summed E-state index contributed by atoms with van der Waals surface area (Å²) >= 11 is 3.31. The van der Waals surface area contributed by atoms with Crippen LogP contribution >= 0.6 is 15.9 Å². The number of aliphatic hydroxyl groups is 1. The van der Waals surface area contributed by atoms with E-state index in [0.29, 0.717) is 18.5 Å². The van der Waals surface area contributed by atoms with Gasteiger partial charge in [0, 0.05) is 16.7 Å². The molecule has 1 saturated carbocycles. The van der Waals surface area contributed by atoms with Gasteiger partial charge in [-0.1, -0.05) is 0 Å². The van der Waals surface area contributed by atoms with Crippen LogP contribution in [0, 0.1) is 0 Å². The molecule has 26 heavy (non-hydrogen) atoms. The van der Waals surface area contributed by atoms with Gasteiger partial charge in [0.25, 0.3) is 11.5 Å². The molecule has 9 nitrogen and oxygen atoms in total. The van der Waals surface area contributed by atoms with Crippen LogP contribution in [0.2, 0.25) is 0 Å². The minimum Gasteiger partial charge on any atom is -0.393 e. The molecule has 0 spiro atoms. The second-order valence-corrected chi connectivity index (χ2v) is 7.08. The third-order valence-electron chi connectivity index (χ3n) is 4.17. The van der Waals surface area contributed by atoms with Crippen molar-refractivity contribution in [2.45, 2.75) is 37.8 Å². The van der Waals surface area contributed by atoms with Gasteiger partial charge >= 0.3 is 0 Å². The van der Waals surface area contributed by atoms with Gasteiger partial charge in [0.15, 0.2) is 5.82 Å². The Morgan fingerprint density at radius 3 is 2.69 bits per heavy atom. The Morgan fingerprint density at radius 2 is 2.04 bits per heavy atom. The lowest BCUT2D eigenvalue weighted by Gasteiger charge is -2.26. The van der Waals surface area contributed by atoms with Gasteiger partial charge < -0.3 is 21.5 Å². The van der Waals surface area contributed by atoms with E-state index in [1.165, 1.54) is 6.20 Å². The summed E-state index contributed by atoms with van der Waals surface area (Å²) < 4.78 is 0.729. The summed E-state index contributed by atoms with van der Waals surface area (Å²) in [6.07, 6.45) is 5.77. The number of aliphatic hydroxyl groups excluding tert-OH is 1. The molecule has 1 aliphatic rings. The van der Waals surface area contributed by atoms with Gasteiger partial charge in [-0.3, -0.25) is 19.6 Å². The van der Waals surface area contributed by atoms with Crippen molar-refractivity contribution in [1.82, 2.24) is 15.0 Å². The zero-order chi connectivity index (χ0) is 18.7. The largest absolute Gasteiger partial charge is 0.393 e. The van der Waals surface area contributed by atoms with E-state index in [-0.39, 0.29) is 29.5 Å². The number of hydrogen-bond donors (Lipinski definition) is 5. The lowest BCUT2D eigenvalue weighted by molar-refractivity contribution is 0.0999. The molecule has 0 aliphatic heterocycles. The molecule has 0 aromatic carbocycles. The highest BCUT2D eigenvalue weighted by atomic mass is 79.9. The van der Waals surface area contributed by atoms with Crippen molar-refractivity contribution in [3.05, 3.63) is 38.9 Å². The fraction of sp³-hybridized carbons (Fsp3) is 0.375. The number of carbonyl (C=O) groups excluding carboxylic acids is 1. The van der Waals surface area contributed by atoms with Crippen LogP contribution in [0.3, 0.4) is 0 Å². The SMILES string of the molecule is NC(=O)c1c(Nc2cncc(Br)c2)nc(NC2CCC(O)CC2)[nH]c1=O. The van der Waals surface area contributed by atoms with E-state index in [4.69, 9.17) is 5.73 Å². The summed E-state index contributed by atoms with van der Waals surface area (Å²) in [6, 6.07) is 1.82. The molecule has 1 aliphatic carbocycles. The number of H-pyrrole nitrogens is 1. The summed E-state index contributed by atoms with van der Waals surface area (Å²) in [5.74, 6) is -0.581. The molecule has 3 rings (SSSR count). The van der Waals surface area contributed by atoms with Crippen molar-refractivity contribution in [3.8, 4) is 0 Å². The predicted molar refractivity (Wildman–Crippen MR) is 100 cm³/mol. The Bertz CT molecular complexity index is 863. The Kier molecular flexibility index (Phi) is 5.52. The second-order valence-electron chi connectivity index (χ2n) is 6.17. The van der Waals surface area contributed by atoms with Crippen molar-refractivity contribution in [2.75, 3.05) is 10.6 Å². The summed E-state index contributed by atoms with van der Waals surface area (Å²) in [7, 11) is 0. The van der Waals surface area contributed by atoms with Crippen molar-refractivity contribution in [3.63, 3.8) is 0 Å². The number of aromatic amines is 1. The number of hydrogen-bond acceptors (Lipinski definition) is 7. The number of rotatable bonds is 5. The second kappa shape index (κ2) is 7.83. The van der Waals surface area contributed by atoms with E-state index in [2.05, 4.69) is 41.5 Å². The lowest BCUT2D eigenvalue weighted by Crippen LogP contribution is -2.32. The van der Waals surface area contributed by atoms with Gasteiger partial charge in [-0.2, -0.15) is 4.98 Å². The Morgan fingerprint density at radius 1 is 1.31 bits per heavy atom. The molecule has 0 atom stereocenters. The molecule has 1 fully saturated rings. The van der Waals surface area contributed by atoms with E-state index in [9.17, 15) is 14.7 Å². The average Bonchev–Trinajstić information content (AvgIpc) is 2.56. The van der Waals surface area contributed by atoms with E-state index >= 15 is 0 Å². The van der Waals surface area contributed by atoms with Gasteiger partial charge in [-0.25, -0.2) is 0 Å². The third kappa shape index (κ3) is 4.38. The van der Waals surface area contributed by atoms with Crippen LogP contribution in [0.5, 0.6) is 0 Å². The van der Waals surface area contributed by atoms with E-state index in [1.54, 1.807) is 12.3 Å². The first kappa shape index (κ1) is 18.3. The predicted octanol–water partition coefficient (Wildman–Crippen LogP) is 1.49. The molecular weight excluding hydrogens is 404 g/mol. The van der Waals surface area contributed by atoms with Crippen LogP contribution in [0.25, 0.3) is 0 Å². The lowest BCUT2D eigenvalue weighted by atomic mass is 9.93. The molecule has 138 valence electrons. The first-order valence-electron chi connectivity index (χ1n) is 8.18. The number of amides is 1. The Labute approximate surface area is 157 Å². The minimum absolute atomic E-state index is 0.0551. The summed E-state index contributed by atoms with van der Waals surface area (Å²) in [5.41, 5.74) is 5.00. The van der Waals surface area contributed by atoms with Crippen molar-refractivity contribution >= 4 is 39.3 Å². The summed E-state index contributed by atoms with van der Waals surface area (Å²) in [6.45, 7) is 0. The molecule has 10 heteroatoms. The van der Waals surface area contributed by atoms with Crippen LogP contribution < -0.4 is 21.9 Å². The average molecular weight is 423 g/mol. The minimum atomic E-state index is -0.878. The molecule has 2 aromatic heterocycles. The van der Waals surface area contributed by atoms with Crippen LogP contribution in [0.15, 0.2) is 27.7 Å². The number of primary amides is 1. The zero-order valence-electron chi connectivity index (χ0n) is 13.8. The number of anilines is 3. The maximum atomic E-state index is 12.3. The maximum Gasteiger partial charge on any atom is 0.267 e.